The van der Waals surface area contributed by atoms with Crippen LogP contribution in [-0.2, 0) is 4.79 Å². The summed E-state index contributed by atoms with van der Waals surface area (Å²) in [6.45, 7) is 7.34. The highest BCUT2D eigenvalue weighted by molar-refractivity contribution is 5.79. The topological polar surface area (TPSA) is 58.4 Å². The SMILES string of the molecule is CCCN(CC)CCC(NC)C(N)=O. The maximum absolute atomic E-state index is 10.9. The first kappa shape index (κ1) is 13.4. The molecule has 84 valence electrons. The van der Waals surface area contributed by atoms with Gasteiger partial charge >= 0.3 is 0 Å². The Hall–Kier alpha value is -0.610. The van der Waals surface area contributed by atoms with Crippen molar-refractivity contribution < 1.29 is 4.79 Å². The van der Waals surface area contributed by atoms with Gasteiger partial charge in [0, 0.05) is 6.54 Å². The summed E-state index contributed by atoms with van der Waals surface area (Å²) in [5, 5.41) is 2.92. The Balaban J connectivity index is 3.81. The minimum absolute atomic E-state index is 0.194. The fourth-order valence-electron chi connectivity index (χ4n) is 1.48. The van der Waals surface area contributed by atoms with Gasteiger partial charge in [-0.2, -0.15) is 0 Å². The summed E-state index contributed by atoms with van der Waals surface area (Å²) in [4.78, 5) is 13.3. The van der Waals surface area contributed by atoms with Crippen LogP contribution in [0.4, 0.5) is 0 Å². The molecular weight excluding hydrogens is 178 g/mol. The van der Waals surface area contributed by atoms with Gasteiger partial charge in [0.15, 0.2) is 0 Å². The van der Waals surface area contributed by atoms with Gasteiger partial charge in [-0.1, -0.05) is 13.8 Å². The molecular formula is C10H23N3O. The van der Waals surface area contributed by atoms with E-state index >= 15 is 0 Å². The molecule has 0 aromatic rings. The Bertz CT molecular complexity index is 161. The number of likely N-dealkylation sites (N-methyl/N-ethyl adjacent to an activating group) is 1. The van der Waals surface area contributed by atoms with Crippen LogP contribution in [0.15, 0.2) is 0 Å². The summed E-state index contributed by atoms with van der Waals surface area (Å²) in [5.74, 6) is -0.264. The van der Waals surface area contributed by atoms with Crippen molar-refractivity contribution in [2.24, 2.45) is 5.73 Å². The van der Waals surface area contributed by atoms with Gasteiger partial charge in [-0.05, 0) is 33.0 Å². The van der Waals surface area contributed by atoms with Crippen molar-refractivity contribution in [2.75, 3.05) is 26.7 Å². The number of carbonyl (C=O) groups excluding carboxylic acids is 1. The van der Waals surface area contributed by atoms with Crippen LogP contribution in [0.1, 0.15) is 26.7 Å². The van der Waals surface area contributed by atoms with E-state index in [4.69, 9.17) is 5.73 Å². The lowest BCUT2D eigenvalue weighted by atomic mass is 10.2. The molecule has 4 heteroatoms. The molecule has 0 saturated carbocycles. The first-order valence-electron chi connectivity index (χ1n) is 5.34. The standard InChI is InChI=1S/C10H23N3O/c1-4-7-13(5-2)8-6-9(12-3)10(11)14/h9,12H,4-8H2,1-3H3,(H2,11,14). The van der Waals surface area contributed by atoms with E-state index in [1.54, 1.807) is 7.05 Å². The number of nitrogens with two attached hydrogens (primary N) is 1. The number of hydrogen-bond acceptors (Lipinski definition) is 3. The Kier molecular flexibility index (Phi) is 7.42. The highest BCUT2D eigenvalue weighted by Gasteiger charge is 2.13. The average Bonchev–Trinajstić information content (AvgIpc) is 2.16. The summed E-state index contributed by atoms with van der Waals surface area (Å²) in [6.07, 6.45) is 1.94. The van der Waals surface area contributed by atoms with Gasteiger partial charge in [0.05, 0.1) is 6.04 Å². The lowest BCUT2D eigenvalue weighted by Crippen LogP contribution is -2.42. The van der Waals surface area contributed by atoms with Crippen LogP contribution in [0.25, 0.3) is 0 Å². The summed E-state index contributed by atoms with van der Waals surface area (Å²) in [5.41, 5.74) is 5.23. The zero-order chi connectivity index (χ0) is 11.0. The molecule has 1 atom stereocenters. The van der Waals surface area contributed by atoms with Crippen molar-refractivity contribution in [2.45, 2.75) is 32.7 Å². The van der Waals surface area contributed by atoms with Crippen LogP contribution >= 0.6 is 0 Å². The summed E-state index contributed by atoms with van der Waals surface area (Å²) >= 11 is 0. The van der Waals surface area contributed by atoms with Crippen LogP contribution in [0.5, 0.6) is 0 Å². The Labute approximate surface area is 86.8 Å². The van der Waals surface area contributed by atoms with Gasteiger partial charge in [0.25, 0.3) is 0 Å². The van der Waals surface area contributed by atoms with E-state index < -0.39 is 0 Å². The first-order valence-corrected chi connectivity index (χ1v) is 5.34. The smallest absolute Gasteiger partial charge is 0.234 e. The molecule has 4 nitrogen and oxygen atoms in total. The van der Waals surface area contributed by atoms with Gasteiger partial charge in [0.1, 0.15) is 0 Å². The maximum atomic E-state index is 10.9. The fraction of sp³-hybridized carbons (Fsp3) is 0.900. The van der Waals surface area contributed by atoms with E-state index in [2.05, 4.69) is 24.1 Å². The van der Waals surface area contributed by atoms with Gasteiger partial charge in [0.2, 0.25) is 5.91 Å². The number of nitrogens with zero attached hydrogens (tertiary/aromatic N) is 1. The predicted molar refractivity (Wildman–Crippen MR) is 59.1 cm³/mol. The molecule has 0 aliphatic rings. The van der Waals surface area contributed by atoms with Crippen LogP contribution in [0.3, 0.4) is 0 Å². The van der Waals surface area contributed by atoms with Crippen molar-refractivity contribution in [3.8, 4) is 0 Å². The van der Waals surface area contributed by atoms with E-state index in [-0.39, 0.29) is 11.9 Å². The first-order chi connectivity index (χ1) is 6.65. The Morgan fingerprint density at radius 1 is 1.43 bits per heavy atom. The zero-order valence-electron chi connectivity index (χ0n) is 9.55. The lowest BCUT2D eigenvalue weighted by molar-refractivity contribution is -0.120. The monoisotopic (exact) mass is 201 g/mol. The number of rotatable bonds is 8. The lowest BCUT2D eigenvalue weighted by Gasteiger charge is -2.21. The maximum Gasteiger partial charge on any atom is 0.234 e. The van der Waals surface area contributed by atoms with E-state index in [0.29, 0.717) is 0 Å². The third-order valence-electron chi connectivity index (χ3n) is 2.41. The molecule has 0 heterocycles. The second-order valence-corrected chi connectivity index (χ2v) is 3.47. The Morgan fingerprint density at radius 2 is 2.07 bits per heavy atom. The third-order valence-corrected chi connectivity index (χ3v) is 2.41. The number of carbonyl (C=O) groups is 1. The van der Waals surface area contributed by atoms with Crippen LogP contribution in [0.2, 0.25) is 0 Å². The summed E-state index contributed by atoms with van der Waals surface area (Å²) in [6, 6.07) is -0.194. The largest absolute Gasteiger partial charge is 0.368 e. The van der Waals surface area contributed by atoms with Crippen molar-refractivity contribution in [3.05, 3.63) is 0 Å². The molecule has 0 spiro atoms. The summed E-state index contributed by atoms with van der Waals surface area (Å²) < 4.78 is 0. The molecule has 0 saturated heterocycles. The molecule has 0 aromatic carbocycles. The molecule has 0 rings (SSSR count). The molecule has 0 aliphatic heterocycles. The van der Waals surface area contributed by atoms with Gasteiger partial charge in [-0.15, -0.1) is 0 Å². The number of nitrogens with one attached hydrogen (secondary N) is 1. The second-order valence-electron chi connectivity index (χ2n) is 3.47. The number of hydrogen-bond donors (Lipinski definition) is 2. The van der Waals surface area contributed by atoms with Gasteiger partial charge in [-0.3, -0.25) is 4.79 Å². The van der Waals surface area contributed by atoms with Crippen molar-refractivity contribution >= 4 is 5.91 Å². The highest BCUT2D eigenvalue weighted by atomic mass is 16.1. The number of amides is 1. The fourth-order valence-corrected chi connectivity index (χ4v) is 1.48. The minimum Gasteiger partial charge on any atom is -0.368 e. The van der Waals surface area contributed by atoms with Crippen molar-refractivity contribution in [3.63, 3.8) is 0 Å². The minimum atomic E-state index is -0.264. The Morgan fingerprint density at radius 3 is 2.43 bits per heavy atom. The highest BCUT2D eigenvalue weighted by Crippen LogP contribution is 1.97. The van der Waals surface area contributed by atoms with Crippen LogP contribution < -0.4 is 11.1 Å². The molecule has 0 bridgehead atoms. The molecule has 0 aromatic heterocycles. The van der Waals surface area contributed by atoms with Crippen LogP contribution in [-0.4, -0.2) is 43.5 Å². The van der Waals surface area contributed by atoms with E-state index in [0.717, 1.165) is 32.5 Å². The normalized spacial score (nSPS) is 13.1. The molecule has 1 amide bonds. The second kappa shape index (κ2) is 7.76. The quantitative estimate of drug-likeness (QED) is 0.589. The molecule has 0 aliphatic carbocycles. The van der Waals surface area contributed by atoms with Crippen molar-refractivity contribution in [1.29, 1.82) is 0 Å². The predicted octanol–water partition coefficient (Wildman–Crippen LogP) is 0.182. The molecule has 1 unspecified atom stereocenters. The molecule has 0 fully saturated rings. The molecule has 0 radical (unpaired) electrons. The number of primary amides is 1. The van der Waals surface area contributed by atoms with Crippen molar-refractivity contribution in [1.82, 2.24) is 10.2 Å². The van der Waals surface area contributed by atoms with E-state index in [1.165, 1.54) is 0 Å². The van der Waals surface area contributed by atoms with Crippen LogP contribution in [0, 0.1) is 0 Å². The zero-order valence-corrected chi connectivity index (χ0v) is 9.55. The average molecular weight is 201 g/mol. The van der Waals surface area contributed by atoms with Gasteiger partial charge in [-0.25, -0.2) is 0 Å². The van der Waals surface area contributed by atoms with E-state index in [9.17, 15) is 4.79 Å². The summed E-state index contributed by atoms with van der Waals surface area (Å²) in [7, 11) is 1.77. The third kappa shape index (κ3) is 5.19. The van der Waals surface area contributed by atoms with E-state index in [1.807, 2.05) is 0 Å². The van der Waals surface area contributed by atoms with Gasteiger partial charge < -0.3 is 16.0 Å². The molecule has 14 heavy (non-hydrogen) atoms. The molecule has 3 N–H and O–H groups in total.